The van der Waals surface area contributed by atoms with Gasteiger partial charge in [-0.3, -0.25) is 4.79 Å². The molecule has 182 valence electrons. The Kier molecular flexibility index (Phi) is 7.57. The second-order valence-corrected chi connectivity index (χ2v) is 7.92. The van der Waals surface area contributed by atoms with Crippen LogP contribution in [0.15, 0.2) is 78.5 Å². The van der Waals surface area contributed by atoms with Crippen LogP contribution in [0.4, 0.5) is 5.95 Å². The van der Waals surface area contributed by atoms with E-state index in [0.717, 1.165) is 5.56 Å². The topological polar surface area (TPSA) is 131 Å². The van der Waals surface area contributed by atoms with Gasteiger partial charge in [0.15, 0.2) is 0 Å². The highest BCUT2D eigenvalue weighted by molar-refractivity contribution is 6.34. The Bertz CT molecular complexity index is 1420. The summed E-state index contributed by atoms with van der Waals surface area (Å²) in [7, 11) is 1.23. The molecule has 0 aliphatic carbocycles. The number of benzene rings is 3. The van der Waals surface area contributed by atoms with Crippen LogP contribution in [0.1, 0.15) is 21.5 Å². The number of halogens is 1. The van der Waals surface area contributed by atoms with E-state index in [1.165, 1.54) is 30.0 Å². The number of phenols is 1. The number of hydrogen-bond acceptors (Lipinski definition) is 8. The zero-order chi connectivity index (χ0) is 25.5. The summed E-state index contributed by atoms with van der Waals surface area (Å²) in [6, 6.07) is 20.5. The molecule has 1 heterocycles. The third kappa shape index (κ3) is 5.86. The standard InChI is InChI=1S/C25H21ClN6O4/c1-36-24(35)22(13-16-6-3-2-4-7-16)28-23(34)20-11-10-18(14-21(20)26)32-25(29-30-31-32)27-15-17-8-5-9-19(33)12-17/h2-14,33H,15H2,1H3,(H,28,34)(H,27,29,31)/b22-13-. The molecule has 0 radical (unpaired) electrons. The van der Waals surface area contributed by atoms with Gasteiger partial charge in [0.05, 0.1) is 23.4 Å². The van der Waals surface area contributed by atoms with Crippen molar-refractivity contribution in [2.24, 2.45) is 0 Å². The first kappa shape index (κ1) is 24.4. The van der Waals surface area contributed by atoms with E-state index < -0.39 is 11.9 Å². The Morgan fingerprint density at radius 1 is 1.08 bits per heavy atom. The van der Waals surface area contributed by atoms with Gasteiger partial charge in [-0.2, -0.15) is 4.68 Å². The van der Waals surface area contributed by atoms with Crippen molar-refractivity contribution in [2.75, 3.05) is 12.4 Å². The van der Waals surface area contributed by atoms with Crippen LogP contribution < -0.4 is 10.6 Å². The van der Waals surface area contributed by atoms with Gasteiger partial charge >= 0.3 is 5.97 Å². The molecule has 0 spiro atoms. The molecule has 0 aliphatic rings. The fourth-order valence-electron chi connectivity index (χ4n) is 3.30. The van der Waals surface area contributed by atoms with E-state index in [2.05, 4.69) is 26.2 Å². The second kappa shape index (κ2) is 11.2. The van der Waals surface area contributed by atoms with Crippen LogP contribution in [0.25, 0.3) is 11.8 Å². The van der Waals surface area contributed by atoms with Gasteiger partial charge in [-0.25, -0.2) is 4.79 Å². The fourth-order valence-corrected chi connectivity index (χ4v) is 3.56. The van der Waals surface area contributed by atoms with Crippen molar-refractivity contribution in [1.82, 2.24) is 25.5 Å². The molecule has 11 heteroatoms. The minimum absolute atomic E-state index is 0.0345. The van der Waals surface area contributed by atoms with Gasteiger partial charge in [0.2, 0.25) is 5.95 Å². The minimum atomic E-state index is -0.698. The number of anilines is 1. The number of nitrogens with one attached hydrogen (secondary N) is 2. The van der Waals surface area contributed by atoms with Crippen LogP contribution in [0.2, 0.25) is 5.02 Å². The van der Waals surface area contributed by atoms with E-state index in [9.17, 15) is 14.7 Å². The van der Waals surface area contributed by atoms with Crippen molar-refractivity contribution in [2.45, 2.75) is 6.54 Å². The molecule has 4 rings (SSSR count). The summed E-state index contributed by atoms with van der Waals surface area (Å²) in [6.07, 6.45) is 1.51. The Hall–Kier alpha value is -4.70. The van der Waals surface area contributed by atoms with Gasteiger partial charge in [0, 0.05) is 6.54 Å². The van der Waals surface area contributed by atoms with Gasteiger partial charge in [-0.1, -0.05) is 59.2 Å². The number of amides is 1. The van der Waals surface area contributed by atoms with Crippen LogP contribution in [0, 0.1) is 0 Å². The Morgan fingerprint density at radius 2 is 1.89 bits per heavy atom. The molecule has 0 unspecified atom stereocenters. The lowest BCUT2D eigenvalue weighted by molar-refractivity contribution is -0.136. The van der Waals surface area contributed by atoms with Crippen molar-refractivity contribution >= 4 is 35.5 Å². The molecule has 4 aromatic rings. The van der Waals surface area contributed by atoms with Gasteiger partial charge in [0.1, 0.15) is 11.4 Å². The van der Waals surface area contributed by atoms with E-state index in [0.29, 0.717) is 23.7 Å². The lowest BCUT2D eigenvalue weighted by Crippen LogP contribution is -2.28. The van der Waals surface area contributed by atoms with Crippen LogP contribution in [0.5, 0.6) is 5.75 Å². The van der Waals surface area contributed by atoms with Crippen molar-refractivity contribution in [1.29, 1.82) is 0 Å². The number of methoxy groups -OCH3 is 1. The van der Waals surface area contributed by atoms with Crippen molar-refractivity contribution in [3.05, 3.63) is 100 Å². The maximum absolute atomic E-state index is 12.9. The van der Waals surface area contributed by atoms with Crippen molar-refractivity contribution in [3.63, 3.8) is 0 Å². The molecule has 0 bridgehead atoms. The number of tetrazole rings is 1. The SMILES string of the molecule is COC(=O)/C(=C/c1ccccc1)NC(=O)c1ccc(-n2nnnc2NCc2cccc(O)c2)cc1Cl. The van der Waals surface area contributed by atoms with E-state index >= 15 is 0 Å². The summed E-state index contributed by atoms with van der Waals surface area (Å²) in [5, 5.41) is 27.1. The summed E-state index contributed by atoms with van der Waals surface area (Å²) in [5.41, 5.74) is 2.16. The lowest BCUT2D eigenvalue weighted by Gasteiger charge is -2.11. The summed E-state index contributed by atoms with van der Waals surface area (Å²) in [6.45, 7) is 0.368. The first-order chi connectivity index (χ1) is 17.4. The maximum atomic E-state index is 12.9. The maximum Gasteiger partial charge on any atom is 0.354 e. The van der Waals surface area contributed by atoms with Crippen molar-refractivity contribution in [3.8, 4) is 11.4 Å². The van der Waals surface area contributed by atoms with Crippen LogP contribution >= 0.6 is 11.6 Å². The lowest BCUT2D eigenvalue weighted by atomic mass is 10.1. The largest absolute Gasteiger partial charge is 0.508 e. The number of esters is 1. The number of nitrogens with zero attached hydrogens (tertiary/aromatic N) is 4. The molecule has 0 fully saturated rings. The highest BCUT2D eigenvalue weighted by Crippen LogP contribution is 2.22. The molecule has 1 amide bonds. The van der Waals surface area contributed by atoms with Crippen LogP contribution in [-0.4, -0.2) is 44.3 Å². The average Bonchev–Trinajstić information content (AvgIpc) is 3.36. The first-order valence-corrected chi connectivity index (χ1v) is 11.1. The number of aromatic nitrogens is 4. The molecule has 3 N–H and O–H groups in total. The molecule has 0 saturated heterocycles. The predicted molar refractivity (Wildman–Crippen MR) is 133 cm³/mol. The van der Waals surface area contributed by atoms with E-state index in [4.69, 9.17) is 16.3 Å². The second-order valence-electron chi connectivity index (χ2n) is 7.52. The number of ether oxygens (including phenoxy) is 1. The number of carbonyl (C=O) groups excluding carboxylic acids is 2. The summed E-state index contributed by atoms with van der Waals surface area (Å²) >= 11 is 6.41. The van der Waals surface area contributed by atoms with E-state index in [1.54, 1.807) is 36.4 Å². The summed E-state index contributed by atoms with van der Waals surface area (Å²) in [5.74, 6) is -0.789. The van der Waals surface area contributed by atoms with E-state index in [1.807, 2.05) is 24.3 Å². The molecule has 0 saturated carbocycles. The Labute approximate surface area is 211 Å². The predicted octanol–water partition coefficient (Wildman–Crippen LogP) is 3.58. The first-order valence-electron chi connectivity index (χ1n) is 10.7. The quantitative estimate of drug-likeness (QED) is 0.245. The normalized spacial score (nSPS) is 11.1. The number of hydrogen-bond donors (Lipinski definition) is 3. The molecular formula is C25H21ClN6O4. The number of phenolic OH excluding ortho intramolecular Hbond substituents is 1. The third-order valence-electron chi connectivity index (χ3n) is 5.04. The molecule has 0 aliphatic heterocycles. The highest BCUT2D eigenvalue weighted by Gasteiger charge is 2.18. The number of rotatable bonds is 8. The smallest absolute Gasteiger partial charge is 0.354 e. The Balaban J connectivity index is 1.52. The average molecular weight is 505 g/mol. The Morgan fingerprint density at radius 3 is 2.61 bits per heavy atom. The van der Waals surface area contributed by atoms with Gasteiger partial charge in [-0.15, -0.1) is 0 Å². The van der Waals surface area contributed by atoms with Gasteiger partial charge in [0.25, 0.3) is 5.91 Å². The monoisotopic (exact) mass is 504 g/mol. The fraction of sp³-hybridized carbons (Fsp3) is 0.0800. The minimum Gasteiger partial charge on any atom is -0.508 e. The molecule has 1 aromatic heterocycles. The van der Waals surface area contributed by atoms with Crippen LogP contribution in [-0.2, 0) is 16.1 Å². The number of carbonyl (C=O) groups is 2. The molecular weight excluding hydrogens is 484 g/mol. The molecule has 3 aromatic carbocycles. The number of aromatic hydroxyl groups is 1. The molecule has 36 heavy (non-hydrogen) atoms. The zero-order valence-corrected chi connectivity index (χ0v) is 19.8. The van der Waals surface area contributed by atoms with Gasteiger partial charge < -0.3 is 20.5 Å². The van der Waals surface area contributed by atoms with Crippen LogP contribution in [0.3, 0.4) is 0 Å². The van der Waals surface area contributed by atoms with Crippen molar-refractivity contribution < 1.29 is 19.4 Å². The highest BCUT2D eigenvalue weighted by atomic mass is 35.5. The summed E-state index contributed by atoms with van der Waals surface area (Å²) < 4.78 is 6.22. The molecule has 0 atom stereocenters. The van der Waals surface area contributed by atoms with Gasteiger partial charge in [-0.05, 0) is 58.0 Å². The summed E-state index contributed by atoms with van der Waals surface area (Å²) in [4.78, 5) is 25.1. The zero-order valence-electron chi connectivity index (χ0n) is 19.1. The van der Waals surface area contributed by atoms with E-state index in [-0.39, 0.29) is 22.0 Å². The molecule has 10 nitrogen and oxygen atoms in total. The third-order valence-corrected chi connectivity index (χ3v) is 5.35.